The van der Waals surface area contributed by atoms with E-state index in [0.717, 1.165) is 12.8 Å². The van der Waals surface area contributed by atoms with Gasteiger partial charge in [-0.2, -0.15) is 0 Å². The third kappa shape index (κ3) is 4.88. The molecule has 0 fully saturated rings. The molecule has 2 rings (SSSR count). The average molecular weight is 317 g/mol. The van der Waals surface area contributed by atoms with Gasteiger partial charge in [0.05, 0.1) is 0 Å². The van der Waals surface area contributed by atoms with E-state index in [9.17, 15) is 9.59 Å². The van der Waals surface area contributed by atoms with E-state index >= 15 is 0 Å². The minimum Gasteiger partial charge on any atom is -0.480 e. The number of hydrogen-bond acceptors (Lipinski definition) is 4. The lowest BCUT2D eigenvalue weighted by atomic mass is 10.1. The molecule has 23 heavy (non-hydrogen) atoms. The summed E-state index contributed by atoms with van der Waals surface area (Å²) >= 11 is 0. The minimum atomic E-state index is -1.06. The summed E-state index contributed by atoms with van der Waals surface area (Å²) in [5, 5.41) is 11.6. The van der Waals surface area contributed by atoms with Crippen LogP contribution in [0.4, 0.5) is 0 Å². The van der Waals surface area contributed by atoms with Crippen LogP contribution >= 0.6 is 0 Å². The van der Waals surface area contributed by atoms with Crippen LogP contribution in [0.25, 0.3) is 0 Å². The van der Waals surface area contributed by atoms with E-state index in [0.29, 0.717) is 12.2 Å². The van der Waals surface area contributed by atoms with Crippen LogP contribution in [0.1, 0.15) is 36.7 Å². The van der Waals surface area contributed by atoms with Gasteiger partial charge >= 0.3 is 5.97 Å². The first-order chi connectivity index (χ1) is 11.1. The standard InChI is InChI=1S/C17H19NO5/c1-2-3-9-13(17(20)21)18-16(19)14-10-11-15(23-14)22-12-7-5-4-6-8-12/h4-8,10-11,13H,2-3,9H2,1H3,(H,18,19)(H,20,21)/t13-/m0/s1. The average Bonchev–Trinajstić information content (AvgIpc) is 3.00. The number of amides is 1. The van der Waals surface area contributed by atoms with Crippen LogP contribution in [0.2, 0.25) is 0 Å². The van der Waals surface area contributed by atoms with E-state index in [1.807, 2.05) is 25.1 Å². The quantitative estimate of drug-likeness (QED) is 0.778. The fourth-order valence-corrected chi connectivity index (χ4v) is 2.00. The molecule has 1 heterocycles. The molecule has 122 valence electrons. The number of furan rings is 1. The maximum Gasteiger partial charge on any atom is 0.326 e. The van der Waals surface area contributed by atoms with Crippen molar-refractivity contribution in [3.63, 3.8) is 0 Å². The van der Waals surface area contributed by atoms with Crippen LogP contribution in [-0.2, 0) is 4.79 Å². The van der Waals surface area contributed by atoms with Gasteiger partial charge in [0.1, 0.15) is 11.8 Å². The molecule has 1 amide bonds. The molecule has 2 aromatic rings. The van der Waals surface area contributed by atoms with Gasteiger partial charge in [-0.25, -0.2) is 4.79 Å². The summed E-state index contributed by atoms with van der Waals surface area (Å²) in [4.78, 5) is 23.2. The van der Waals surface area contributed by atoms with E-state index in [1.54, 1.807) is 12.1 Å². The van der Waals surface area contributed by atoms with Crippen molar-refractivity contribution in [1.29, 1.82) is 0 Å². The minimum absolute atomic E-state index is 0.0127. The topological polar surface area (TPSA) is 88.8 Å². The molecule has 6 heteroatoms. The van der Waals surface area contributed by atoms with Gasteiger partial charge in [-0.15, -0.1) is 0 Å². The molecule has 1 aromatic carbocycles. The van der Waals surface area contributed by atoms with Crippen molar-refractivity contribution in [1.82, 2.24) is 5.32 Å². The predicted octanol–water partition coefficient (Wildman–Crippen LogP) is 3.45. The Labute approximate surface area is 134 Å². The van der Waals surface area contributed by atoms with Gasteiger partial charge in [-0.3, -0.25) is 4.79 Å². The van der Waals surface area contributed by atoms with Crippen LogP contribution in [-0.4, -0.2) is 23.0 Å². The van der Waals surface area contributed by atoms with Gasteiger partial charge in [0, 0.05) is 6.07 Å². The van der Waals surface area contributed by atoms with E-state index < -0.39 is 17.9 Å². The number of carbonyl (C=O) groups is 2. The predicted molar refractivity (Wildman–Crippen MR) is 83.6 cm³/mol. The summed E-state index contributed by atoms with van der Waals surface area (Å²) in [5.41, 5.74) is 0. The molecular formula is C17H19NO5. The molecule has 0 saturated carbocycles. The van der Waals surface area contributed by atoms with Gasteiger partial charge in [0.25, 0.3) is 11.9 Å². The summed E-state index contributed by atoms with van der Waals surface area (Å²) in [6, 6.07) is 11.0. The number of para-hydroxylation sites is 1. The molecule has 1 aromatic heterocycles. The second-order valence-electron chi connectivity index (χ2n) is 5.04. The zero-order chi connectivity index (χ0) is 16.7. The molecule has 0 radical (unpaired) electrons. The monoisotopic (exact) mass is 317 g/mol. The summed E-state index contributed by atoms with van der Waals surface area (Å²) in [6.07, 6.45) is 1.96. The first-order valence-corrected chi connectivity index (χ1v) is 7.46. The van der Waals surface area contributed by atoms with E-state index in [1.165, 1.54) is 12.1 Å². The number of hydrogen-bond donors (Lipinski definition) is 2. The van der Waals surface area contributed by atoms with Crippen LogP contribution in [0, 0.1) is 0 Å². The number of unbranched alkanes of at least 4 members (excludes halogenated alkanes) is 1. The Hall–Kier alpha value is -2.76. The van der Waals surface area contributed by atoms with Gasteiger partial charge in [0.2, 0.25) is 0 Å². The zero-order valence-electron chi connectivity index (χ0n) is 12.8. The first-order valence-electron chi connectivity index (χ1n) is 7.46. The van der Waals surface area contributed by atoms with Crippen molar-refractivity contribution >= 4 is 11.9 Å². The van der Waals surface area contributed by atoms with Gasteiger partial charge in [0.15, 0.2) is 5.76 Å². The lowest BCUT2D eigenvalue weighted by Gasteiger charge is -2.12. The first kappa shape index (κ1) is 16.6. The molecule has 2 N–H and O–H groups in total. The van der Waals surface area contributed by atoms with Gasteiger partial charge in [-0.1, -0.05) is 38.0 Å². The smallest absolute Gasteiger partial charge is 0.326 e. The number of nitrogens with one attached hydrogen (secondary N) is 1. The highest BCUT2D eigenvalue weighted by molar-refractivity contribution is 5.94. The molecule has 0 spiro atoms. The largest absolute Gasteiger partial charge is 0.480 e. The molecule has 0 aliphatic heterocycles. The molecule has 0 aliphatic rings. The summed E-state index contributed by atoms with van der Waals surface area (Å²) < 4.78 is 10.8. The highest BCUT2D eigenvalue weighted by Gasteiger charge is 2.22. The van der Waals surface area contributed by atoms with Crippen LogP contribution < -0.4 is 10.1 Å². The van der Waals surface area contributed by atoms with Crippen molar-refractivity contribution in [2.24, 2.45) is 0 Å². The second-order valence-corrected chi connectivity index (χ2v) is 5.04. The highest BCUT2D eigenvalue weighted by Crippen LogP contribution is 2.23. The Kier molecular flexibility index (Phi) is 5.80. The van der Waals surface area contributed by atoms with E-state index in [-0.39, 0.29) is 11.7 Å². The Morgan fingerprint density at radius 3 is 2.61 bits per heavy atom. The van der Waals surface area contributed by atoms with Crippen LogP contribution in [0.15, 0.2) is 46.9 Å². The van der Waals surface area contributed by atoms with Gasteiger partial charge < -0.3 is 19.6 Å². The van der Waals surface area contributed by atoms with Crippen molar-refractivity contribution in [3.8, 4) is 11.7 Å². The lowest BCUT2D eigenvalue weighted by Crippen LogP contribution is -2.40. The van der Waals surface area contributed by atoms with Crippen molar-refractivity contribution in [2.45, 2.75) is 32.2 Å². The van der Waals surface area contributed by atoms with E-state index in [2.05, 4.69) is 5.32 Å². The number of carboxylic acid groups (broad SMARTS) is 1. The molecule has 0 bridgehead atoms. The lowest BCUT2D eigenvalue weighted by molar-refractivity contribution is -0.139. The Morgan fingerprint density at radius 1 is 1.22 bits per heavy atom. The number of carbonyl (C=O) groups excluding carboxylic acids is 1. The van der Waals surface area contributed by atoms with Crippen LogP contribution in [0.5, 0.6) is 11.7 Å². The molecule has 0 aliphatic carbocycles. The van der Waals surface area contributed by atoms with Crippen molar-refractivity contribution < 1.29 is 23.8 Å². The molecule has 0 saturated heterocycles. The Balaban J connectivity index is 1.98. The molecule has 6 nitrogen and oxygen atoms in total. The molecule has 1 atom stereocenters. The fraction of sp³-hybridized carbons (Fsp3) is 0.294. The summed E-state index contributed by atoms with van der Waals surface area (Å²) in [6.45, 7) is 1.96. The molecular weight excluding hydrogens is 298 g/mol. The number of ether oxygens (including phenoxy) is 1. The number of aliphatic carboxylic acids is 1. The summed E-state index contributed by atoms with van der Waals surface area (Å²) in [7, 11) is 0. The van der Waals surface area contributed by atoms with Gasteiger partial charge in [-0.05, 0) is 24.6 Å². The normalized spacial score (nSPS) is 11.7. The maximum absolute atomic E-state index is 12.1. The number of carboxylic acids is 1. The SMILES string of the molecule is CCCC[C@H](NC(=O)c1ccc(Oc2ccccc2)o1)C(=O)O. The third-order valence-corrected chi connectivity index (χ3v) is 3.22. The molecule has 0 unspecified atom stereocenters. The Bertz CT molecular complexity index is 650. The zero-order valence-corrected chi connectivity index (χ0v) is 12.8. The fourth-order valence-electron chi connectivity index (χ4n) is 2.00. The second kappa shape index (κ2) is 8.03. The highest BCUT2D eigenvalue weighted by atomic mass is 16.6. The van der Waals surface area contributed by atoms with E-state index in [4.69, 9.17) is 14.3 Å². The van der Waals surface area contributed by atoms with Crippen molar-refractivity contribution in [3.05, 3.63) is 48.2 Å². The number of benzene rings is 1. The van der Waals surface area contributed by atoms with Crippen LogP contribution in [0.3, 0.4) is 0 Å². The number of rotatable bonds is 8. The third-order valence-electron chi connectivity index (χ3n) is 3.22. The summed E-state index contributed by atoms with van der Waals surface area (Å²) in [5.74, 6) is -0.865. The van der Waals surface area contributed by atoms with Crippen molar-refractivity contribution in [2.75, 3.05) is 0 Å². The Morgan fingerprint density at radius 2 is 1.96 bits per heavy atom. The maximum atomic E-state index is 12.1.